The lowest BCUT2D eigenvalue weighted by Gasteiger charge is -2.48. The fourth-order valence-corrected chi connectivity index (χ4v) is 10.4. The number of aryl methyl sites for hydroxylation is 2. The van der Waals surface area contributed by atoms with E-state index in [2.05, 4.69) is 20.3 Å². The van der Waals surface area contributed by atoms with E-state index in [4.69, 9.17) is 9.47 Å². The summed E-state index contributed by atoms with van der Waals surface area (Å²) in [5.74, 6) is -3.83. The van der Waals surface area contributed by atoms with Gasteiger partial charge >= 0.3 is 6.09 Å². The van der Waals surface area contributed by atoms with Crippen molar-refractivity contribution in [2.24, 2.45) is 11.8 Å². The summed E-state index contributed by atoms with van der Waals surface area (Å²) in [4.78, 5) is 62.7. The van der Waals surface area contributed by atoms with Gasteiger partial charge in [-0.15, -0.1) is 0 Å². The van der Waals surface area contributed by atoms with Crippen LogP contribution >= 0.6 is 0 Å². The molecule has 308 valence electrons. The van der Waals surface area contributed by atoms with Gasteiger partial charge in [0.1, 0.15) is 29.0 Å². The number of carbonyl (C=O) groups is 4. The molecule has 6 aliphatic rings. The first-order chi connectivity index (χ1) is 27.1. The van der Waals surface area contributed by atoms with Crippen LogP contribution < -0.4 is 20.1 Å². The topological polar surface area (TPSA) is 173 Å². The number of amides is 4. The monoisotopic (exact) mass is 811 g/mol. The van der Waals surface area contributed by atoms with Gasteiger partial charge in [-0.1, -0.05) is 31.4 Å². The minimum absolute atomic E-state index is 0.00664. The zero-order chi connectivity index (χ0) is 40.3. The summed E-state index contributed by atoms with van der Waals surface area (Å²) >= 11 is 0. The van der Waals surface area contributed by atoms with Crippen molar-refractivity contribution in [3.63, 3.8) is 0 Å². The molecule has 3 aliphatic heterocycles. The molecule has 1 spiro atoms. The minimum Gasteiger partial charge on any atom is -0.483 e. The molecule has 0 radical (unpaired) electrons. The average molecular weight is 812 g/mol. The number of allylic oxidation sites excluding steroid dienone is 1. The summed E-state index contributed by atoms with van der Waals surface area (Å²) in [5, 5.41) is 6.15. The number of pyridine rings is 1. The van der Waals surface area contributed by atoms with Gasteiger partial charge in [0.05, 0.1) is 29.1 Å². The first-order valence-corrected chi connectivity index (χ1v) is 21.9. The number of benzene rings is 1. The fourth-order valence-electron chi connectivity index (χ4n) is 9.10. The number of rotatable bonds is 6. The summed E-state index contributed by atoms with van der Waals surface area (Å²) in [6, 6.07) is -0.0468. The van der Waals surface area contributed by atoms with Crippen molar-refractivity contribution in [3.8, 4) is 5.75 Å². The van der Waals surface area contributed by atoms with Crippen LogP contribution in [-0.4, -0.2) is 83.2 Å². The van der Waals surface area contributed by atoms with E-state index < -0.39 is 79.4 Å². The molecule has 4 fully saturated rings. The number of hydrogen-bond donors (Lipinski definition) is 3. The Kier molecular flexibility index (Phi) is 10.2. The number of carbonyl (C=O) groups excluding carboxylic acids is 4. The van der Waals surface area contributed by atoms with Gasteiger partial charge in [0.15, 0.2) is 11.6 Å². The average Bonchev–Trinajstić information content (AvgIpc) is 3.80. The Labute approximate surface area is 331 Å². The van der Waals surface area contributed by atoms with Gasteiger partial charge in [-0.3, -0.25) is 19.1 Å². The second-order valence-corrected chi connectivity index (χ2v) is 19.6. The van der Waals surface area contributed by atoms with E-state index in [1.165, 1.54) is 4.90 Å². The van der Waals surface area contributed by atoms with E-state index in [1.54, 1.807) is 13.8 Å². The maximum absolute atomic E-state index is 14.8. The van der Waals surface area contributed by atoms with Gasteiger partial charge in [-0.05, 0) is 96.5 Å². The van der Waals surface area contributed by atoms with Crippen LogP contribution in [0.4, 0.5) is 13.6 Å². The predicted molar refractivity (Wildman–Crippen MR) is 204 cm³/mol. The molecule has 1 aromatic heterocycles. The lowest BCUT2D eigenvalue weighted by Crippen LogP contribution is -2.70. The Bertz CT molecular complexity index is 2140. The molecule has 5 atom stereocenters. The number of alkyl carbamates (subject to hydrolysis) is 1. The van der Waals surface area contributed by atoms with E-state index in [-0.39, 0.29) is 37.4 Å². The molecule has 3 aliphatic carbocycles. The number of hydrogen-bond acceptors (Lipinski definition) is 9. The Morgan fingerprint density at radius 2 is 1.81 bits per heavy atom. The van der Waals surface area contributed by atoms with E-state index in [0.29, 0.717) is 73.8 Å². The van der Waals surface area contributed by atoms with Crippen molar-refractivity contribution in [2.45, 2.75) is 138 Å². The zero-order valence-electron chi connectivity index (χ0n) is 32.5. The normalized spacial score (nSPS) is 30.5. The third-order valence-corrected chi connectivity index (χ3v) is 15.6. The minimum atomic E-state index is -4.04. The highest BCUT2D eigenvalue weighted by molar-refractivity contribution is 7.91. The lowest BCUT2D eigenvalue weighted by molar-refractivity contribution is -0.144. The largest absolute Gasteiger partial charge is 0.483 e. The van der Waals surface area contributed by atoms with Gasteiger partial charge in [0.2, 0.25) is 21.8 Å². The molecular weight excluding hydrogens is 761 g/mol. The molecule has 16 heteroatoms. The highest BCUT2D eigenvalue weighted by atomic mass is 32.2. The molecule has 3 saturated carbocycles. The number of aromatic nitrogens is 1. The molecule has 4 amide bonds. The SMILES string of the molecule is Cc1nc2cc(F)c(F)cc2c2c1O[C@]1(CC2)C[C@H]2C(=O)N[C@]3(C(=O)NS(=O)(=O)C4(C)CC4)CC[C@H]3/C=C\CCCCC[C@H](NC(=O)OCC3CCC3)C(=O)N2C1. The van der Waals surface area contributed by atoms with Crippen LogP contribution in [0.25, 0.3) is 10.9 Å². The van der Waals surface area contributed by atoms with Crippen molar-refractivity contribution in [1.29, 1.82) is 0 Å². The Morgan fingerprint density at radius 3 is 2.51 bits per heavy atom. The van der Waals surface area contributed by atoms with E-state index >= 15 is 0 Å². The number of fused-ring (bicyclic) bond motifs is 5. The summed E-state index contributed by atoms with van der Waals surface area (Å²) in [6.07, 6.45) is 11.5. The molecule has 1 aromatic carbocycles. The predicted octanol–water partition coefficient (Wildman–Crippen LogP) is 5.16. The highest BCUT2D eigenvalue weighted by Crippen LogP contribution is 2.47. The number of sulfonamides is 1. The molecule has 2 aromatic rings. The van der Waals surface area contributed by atoms with Crippen LogP contribution in [0.5, 0.6) is 5.75 Å². The van der Waals surface area contributed by atoms with Gasteiger partial charge < -0.3 is 25.0 Å². The molecule has 4 heterocycles. The number of halogens is 2. The molecule has 57 heavy (non-hydrogen) atoms. The molecule has 13 nitrogen and oxygen atoms in total. The molecular formula is C41H51F2N5O8S. The van der Waals surface area contributed by atoms with Crippen molar-refractivity contribution < 1.29 is 45.9 Å². The van der Waals surface area contributed by atoms with Crippen LogP contribution in [-0.2, 0) is 35.6 Å². The maximum atomic E-state index is 14.8. The summed E-state index contributed by atoms with van der Waals surface area (Å²) < 4.78 is 68.8. The number of nitrogens with one attached hydrogen (secondary N) is 3. The van der Waals surface area contributed by atoms with Crippen molar-refractivity contribution in [3.05, 3.63) is 47.2 Å². The molecule has 3 N–H and O–H groups in total. The summed E-state index contributed by atoms with van der Waals surface area (Å²) in [7, 11) is -4.04. The van der Waals surface area contributed by atoms with Crippen LogP contribution in [0.15, 0.2) is 24.3 Å². The third-order valence-electron chi connectivity index (χ3n) is 13.5. The quantitative estimate of drug-likeness (QED) is 0.333. The number of nitrogens with zero attached hydrogens (tertiary/aromatic N) is 2. The molecule has 0 unspecified atom stereocenters. The molecule has 8 rings (SSSR count). The summed E-state index contributed by atoms with van der Waals surface area (Å²) in [6.45, 7) is 3.48. The van der Waals surface area contributed by atoms with Crippen LogP contribution in [0.1, 0.15) is 108 Å². The Balaban J connectivity index is 1.13. The van der Waals surface area contributed by atoms with Gasteiger partial charge in [-0.2, -0.15) is 0 Å². The Hall–Kier alpha value is -4.34. The fraction of sp³-hybridized carbons (Fsp3) is 0.634. The highest BCUT2D eigenvalue weighted by Gasteiger charge is 2.59. The lowest BCUT2D eigenvalue weighted by atomic mass is 9.65. The van der Waals surface area contributed by atoms with Crippen LogP contribution in [0.2, 0.25) is 0 Å². The summed E-state index contributed by atoms with van der Waals surface area (Å²) in [5.41, 5.74) is -1.36. The van der Waals surface area contributed by atoms with Gasteiger partial charge in [-0.25, -0.2) is 27.0 Å². The first kappa shape index (κ1) is 39.5. The van der Waals surface area contributed by atoms with Crippen molar-refractivity contribution in [2.75, 3.05) is 13.2 Å². The van der Waals surface area contributed by atoms with Crippen molar-refractivity contribution >= 4 is 44.7 Å². The van der Waals surface area contributed by atoms with E-state index in [0.717, 1.165) is 44.2 Å². The third kappa shape index (κ3) is 7.35. The van der Waals surface area contributed by atoms with Crippen LogP contribution in [0, 0.1) is 30.4 Å². The maximum Gasteiger partial charge on any atom is 0.407 e. The van der Waals surface area contributed by atoms with E-state index in [9.17, 15) is 36.4 Å². The van der Waals surface area contributed by atoms with Gasteiger partial charge in [0, 0.05) is 29.4 Å². The molecule has 0 bridgehead atoms. The van der Waals surface area contributed by atoms with E-state index in [1.807, 2.05) is 12.2 Å². The van der Waals surface area contributed by atoms with Crippen LogP contribution in [0.3, 0.4) is 0 Å². The van der Waals surface area contributed by atoms with Gasteiger partial charge in [0.25, 0.3) is 5.91 Å². The zero-order valence-corrected chi connectivity index (χ0v) is 33.3. The van der Waals surface area contributed by atoms with Crippen molar-refractivity contribution in [1.82, 2.24) is 25.2 Å². The number of ether oxygens (including phenoxy) is 2. The standard InChI is InChI=1S/C41H51F2N5O8S/c1-24-34-27(28-19-29(42)30(43)20-32(28)44-24)14-15-40(56-34)21-33-35(49)46-41(37(51)47-57(53,54)39(2)17-18-39)16-13-26(41)11-6-4-3-5-7-12-31(36(50)48(33)23-40)45-38(52)55-22-25-9-8-10-25/h6,11,19-20,25-26,31,33H,3-5,7-10,12-18,21-23H2,1-2H3,(H,45,52)(H,46,49)(H,47,51)/b11-6-/t26-,31+,33+,40-,41-/m1/s1. The first-order valence-electron chi connectivity index (χ1n) is 20.4. The Morgan fingerprint density at radius 1 is 1.04 bits per heavy atom. The molecule has 1 saturated heterocycles. The smallest absolute Gasteiger partial charge is 0.407 e. The second-order valence-electron chi connectivity index (χ2n) is 17.4. The second kappa shape index (κ2) is 14.8.